The predicted molar refractivity (Wildman–Crippen MR) is 106 cm³/mol. The summed E-state index contributed by atoms with van der Waals surface area (Å²) in [4.78, 5) is 29.2. The number of pyridine rings is 1. The van der Waals surface area contributed by atoms with E-state index in [-0.39, 0.29) is 37.3 Å². The molecular weight excluding hydrogens is 402 g/mol. The summed E-state index contributed by atoms with van der Waals surface area (Å²) < 4.78 is 11.5. The third-order valence-corrected chi connectivity index (χ3v) is 6.04. The first-order chi connectivity index (χ1) is 14.9. The van der Waals surface area contributed by atoms with Gasteiger partial charge in [-0.3, -0.25) is 10.1 Å². The van der Waals surface area contributed by atoms with E-state index < -0.39 is 23.1 Å². The van der Waals surface area contributed by atoms with Gasteiger partial charge in [0.15, 0.2) is 12.4 Å². The summed E-state index contributed by atoms with van der Waals surface area (Å²) in [6.45, 7) is 0. The molecule has 5 rings (SSSR count). The minimum absolute atomic E-state index is 0.00444. The zero-order valence-electron chi connectivity index (χ0n) is 16.4. The first-order valence-electron chi connectivity index (χ1n) is 9.90. The summed E-state index contributed by atoms with van der Waals surface area (Å²) in [5, 5.41) is 25.0. The number of nitrogens with one attached hydrogen (secondary N) is 1. The van der Waals surface area contributed by atoms with Crippen molar-refractivity contribution in [3.63, 3.8) is 0 Å². The number of rotatable bonds is 3. The van der Waals surface area contributed by atoms with Gasteiger partial charge < -0.3 is 19.5 Å². The van der Waals surface area contributed by atoms with Crippen LogP contribution in [0, 0.1) is 5.21 Å². The van der Waals surface area contributed by atoms with Gasteiger partial charge in [-0.1, -0.05) is 30.3 Å². The lowest BCUT2D eigenvalue weighted by atomic mass is 9.72. The molecule has 0 radical (unpaired) electrons. The van der Waals surface area contributed by atoms with Crippen LogP contribution in [0.25, 0.3) is 11.3 Å². The van der Waals surface area contributed by atoms with Gasteiger partial charge in [0, 0.05) is 17.2 Å². The minimum Gasteiger partial charge on any atom is -0.619 e. The van der Waals surface area contributed by atoms with E-state index in [0.29, 0.717) is 16.0 Å². The van der Waals surface area contributed by atoms with E-state index in [1.165, 1.54) is 18.7 Å². The molecule has 3 aromatic rings. The van der Waals surface area contributed by atoms with Crippen molar-refractivity contribution in [2.45, 2.75) is 36.9 Å². The first kappa shape index (κ1) is 19.3. The van der Waals surface area contributed by atoms with Crippen LogP contribution in [-0.2, 0) is 15.1 Å². The highest BCUT2D eigenvalue weighted by molar-refractivity contribution is 5.96. The summed E-state index contributed by atoms with van der Waals surface area (Å²) in [5.74, 6) is -1.19. The topological polar surface area (TPSA) is 129 Å². The number of aromatic nitrogens is 2. The maximum Gasteiger partial charge on any atom is 0.345 e. The van der Waals surface area contributed by atoms with Crippen LogP contribution in [0.2, 0.25) is 0 Å². The third kappa shape index (κ3) is 3.23. The van der Waals surface area contributed by atoms with Crippen LogP contribution < -0.4 is 10.0 Å². The molecule has 2 N–H and O–H groups in total. The number of nitrogens with zero attached hydrogens (tertiary/aromatic N) is 2. The van der Waals surface area contributed by atoms with Gasteiger partial charge in [0.2, 0.25) is 0 Å². The molecule has 158 valence electrons. The van der Waals surface area contributed by atoms with E-state index in [4.69, 9.17) is 9.15 Å². The number of oxazole rings is 1. The van der Waals surface area contributed by atoms with Crippen molar-refractivity contribution < 1.29 is 28.6 Å². The molecular formula is C22H19N3O6. The summed E-state index contributed by atoms with van der Waals surface area (Å²) in [5.41, 5.74) is -0.347. The third-order valence-electron chi connectivity index (χ3n) is 6.04. The van der Waals surface area contributed by atoms with Crippen molar-refractivity contribution >= 4 is 17.9 Å². The zero-order chi connectivity index (χ0) is 21.6. The maximum atomic E-state index is 12.8. The molecule has 1 amide bonds. The molecule has 1 fully saturated rings. The number of carbonyl (C=O) groups excluding carboxylic acids is 2. The molecule has 9 heteroatoms. The second-order valence-corrected chi connectivity index (χ2v) is 7.91. The van der Waals surface area contributed by atoms with E-state index in [2.05, 4.69) is 10.3 Å². The molecule has 1 saturated carbocycles. The van der Waals surface area contributed by atoms with E-state index in [0.717, 1.165) is 5.56 Å². The number of amides is 1. The Bertz CT molecular complexity index is 1160. The highest BCUT2D eigenvalue weighted by Crippen LogP contribution is 2.49. The normalized spacial score (nSPS) is 24.6. The predicted octanol–water partition coefficient (Wildman–Crippen LogP) is 2.28. The van der Waals surface area contributed by atoms with Crippen LogP contribution in [0.1, 0.15) is 41.6 Å². The first-order valence-corrected chi connectivity index (χ1v) is 9.90. The molecule has 0 atom stereocenters. The second-order valence-electron chi connectivity index (χ2n) is 7.91. The van der Waals surface area contributed by atoms with Crippen LogP contribution in [0.15, 0.2) is 59.5 Å². The van der Waals surface area contributed by atoms with Crippen LogP contribution in [0.4, 0.5) is 6.01 Å². The SMILES string of the molecule is O=C1O[C@]2(CC[C@@](O)(C(=O)Nc3nc(-c4ccccc4)co3)CC2)c2cc[n+]([O-])cc21. The fourth-order valence-corrected chi connectivity index (χ4v) is 4.28. The summed E-state index contributed by atoms with van der Waals surface area (Å²) in [6, 6.07) is 10.9. The number of aliphatic hydroxyl groups is 1. The van der Waals surface area contributed by atoms with Gasteiger partial charge in [0.05, 0.1) is 0 Å². The second kappa shape index (κ2) is 6.92. The number of hydrogen-bond donors (Lipinski definition) is 2. The number of ether oxygens (including phenoxy) is 1. The summed E-state index contributed by atoms with van der Waals surface area (Å²) in [7, 11) is 0. The van der Waals surface area contributed by atoms with Gasteiger partial charge in [-0.15, -0.1) is 0 Å². The zero-order valence-corrected chi connectivity index (χ0v) is 16.4. The van der Waals surface area contributed by atoms with Crippen LogP contribution in [0.5, 0.6) is 0 Å². The molecule has 0 unspecified atom stereocenters. The number of hydrogen-bond acceptors (Lipinski definition) is 7. The Balaban J connectivity index is 1.30. The molecule has 1 aromatic carbocycles. The number of esters is 1. The van der Waals surface area contributed by atoms with Gasteiger partial charge in [0.1, 0.15) is 28.7 Å². The number of benzene rings is 1. The van der Waals surface area contributed by atoms with Gasteiger partial charge in [-0.05, 0) is 25.7 Å². The highest BCUT2D eigenvalue weighted by atomic mass is 16.6. The Kier molecular flexibility index (Phi) is 4.30. The Morgan fingerprint density at radius 3 is 2.65 bits per heavy atom. The molecule has 0 saturated heterocycles. The molecule has 1 aliphatic heterocycles. The van der Waals surface area contributed by atoms with Gasteiger partial charge in [0.25, 0.3) is 5.91 Å². The van der Waals surface area contributed by atoms with Crippen molar-refractivity contribution in [1.82, 2.24) is 4.98 Å². The fourth-order valence-electron chi connectivity index (χ4n) is 4.28. The Labute approximate surface area is 176 Å². The largest absolute Gasteiger partial charge is 0.619 e. The van der Waals surface area contributed by atoms with Crippen molar-refractivity contribution in [3.05, 3.63) is 71.4 Å². The van der Waals surface area contributed by atoms with E-state index in [1.807, 2.05) is 30.3 Å². The van der Waals surface area contributed by atoms with Crippen molar-refractivity contribution in [3.8, 4) is 11.3 Å². The quantitative estimate of drug-likeness (QED) is 0.377. The molecule has 9 nitrogen and oxygen atoms in total. The van der Waals surface area contributed by atoms with E-state index in [9.17, 15) is 19.9 Å². The van der Waals surface area contributed by atoms with Crippen molar-refractivity contribution in [1.29, 1.82) is 0 Å². The molecule has 3 heterocycles. The van der Waals surface area contributed by atoms with Crippen molar-refractivity contribution in [2.75, 3.05) is 5.32 Å². The number of fused-ring (bicyclic) bond motifs is 2. The lowest BCUT2D eigenvalue weighted by Crippen LogP contribution is -2.49. The van der Waals surface area contributed by atoms with Gasteiger partial charge >= 0.3 is 12.0 Å². The standard InChI is InChI=1S/C22H19N3O6/c26-18-15-12-25(29)11-6-16(15)22(31-18)9-7-21(28,8-10-22)19(27)24-20-23-17(13-30-20)14-4-2-1-3-5-14/h1-6,11-13,28H,7-10H2,(H,23,24,27)/t21-,22-. The maximum absolute atomic E-state index is 12.8. The number of carbonyl (C=O) groups is 2. The number of anilines is 1. The van der Waals surface area contributed by atoms with Crippen LogP contribution in [-0.4, -0.2) is 27.6 Å². The summed E-state index contributed by atoms with van der Waals surface area (Å²) >= 11 is 0. The van der Waals surface area contributed by atoms with E-state index in [1.54, 1.807) is 6.07 Å². The molecule has 2 aromatic heterocycles. The molecule has 31 heavy (non-hydrogen) atoms. The smallest absolute Gasteiger partial charge is 0.345 e. The van der Waals surface area contributed by atoms with E-state index >= 15 is 0 Å². The Hall–Kier alpha value is -3.72. The Morgan fingerprint density at radius 2 is 1.90 bits per heavy atom. The molecule has 2 aliphatic rings. The molecule has 1 aliphatic carbocycles. The minimum atomic E-state index is -1.66. The fraction of sp³-hybridized carbons (Fsp3) is 0.273. The van der Waals surface area contributed by atoms with Crippen LogP contribution >= 0.6 is 0 Å². The van der Waals surface area contributed by atoms with Gasteiger partial charge in [-0.2, -0.15) is 9.71 Å². The van der Waals surface area contributed by atoms with Gasteiger partial charge in [-0.25, -0.2) is 4.79 Å². The lowest BCUT2D eigenvalue weighted by molar-refractivity contribution is -0.605. The van der Waals surface area contributed by atoms with Crippen molar-refractivity contribution in [2.24, 2.45) is 0 Å². The molecule has 1 spiro atoms. The highest BCUT2D eigenvalue weighted by Gasteiger charge is 2.53. The summed E-state index contributed by atoms with van der Waals surface area (Å²) in [6.07, 6.45) is 4.57. The lowest BCUT2D eigenvalue weighted by Gasteiger charge is -2.39. The Morgan fingerprint density at radius 1 is 1.16 bits per heavy atom. The average molecular weight is 421 g/mol. The average Bonchev–Trinajstić information content (AvgIpc) is 3.34. The molecule has 0 bridgehead atoms. The van der Waals surface area contributed by atoms with Crippen LogP contribution in [0.3, 0.4) is 0 Å². The monoisotopic (exact) mass is 421 g/mol.